The maximum atomic E-state index is 10.8. The summed E-state index contributed by atoms with van der Waals surface area (Å²) in [5.41, 5.74) is 2.95. The number of carboxylic acids is 1. The summed E-state index contributed by atoms with van der Waals surface area (Å²) in [6, 6.07) is 0. The first-order valence-electron chi connectivity index (χ1n) is 9.09. The van der Waals surface area contributed by atoms with Crippen molar-refractivity contribution in [2.45, 2.75) is 79.6 Å². The quantitative estimate of drug-likeness (QED) is 0.232. The largest absolute Gasteiger partial charge is 0.478 e. The van der Waals surface area contributed by atoms with Crippen molar-refractivity contribution in [2.75, 3.05) is 7.11 Å². The van der Waals surface area contributed by atoms with Gasteiger partial charge in [-0.15, -0.1) is 0 Å². The van der Waals surface area contributed by atoms with E-state index < -0.39 is 5.97 Å². The first kappa shape index (κ1) is 25.4. The molecule has 0 fully saturated rings. The Morgan fingerprint density at radius 3 is 2.08 bits per heavy atom. The fraction of sp³-hybridized carbons (Fsp3) is 0.619. The van der Waals surface area contributed by atoms with Crippen LogP contribution in [0.4, 0.5) is 0 Å². The topological polar surface area (TPSA) is 63.6 Å². The van der Waals surface area contributed by atoms with E-state index in [1.807, 2.05) is 13.8 Å². The Labute approximate surface area is 153 Å². The minimum absolute atomic E-state index is 0.269. The van der Waals surface area contributed by atoms with Gasteiger partial charge in [-0.3, -0.25) is 0 Å². The molecule has 0 aliphatic rings. The summed E-state index contributed by atoms with van der Waals surface area (Å²) in [5, 5.41) is 8.74. The number of esters is 1. The lowest BCUT2D eigenvalue weighted by Gasteiger charge is -2.00. The highest BCUT2D eigenvalue weighted by Gasteiger charge is 2.04. The number of methoxy groups -OCH3 is 1. The van der Waals surface area contributed by atoms with Crippen LogP contribution in [-0.2, 0) is 14.3 Å². The van der Waals surface area contributed by atoms with Gasteiger partial charge in [-0.25, -0.2) is 9.59 Å². The molecular formula is C21H36O4. The number of hydrogen-bond acceptors (Lipinski definition) is 3. The van der Waals surface area contributed by atoms with Crippen molar-refractivity contribution in [3.8, 4) is 0 Å². The maximum Gasteiger partial charge on any atom is 0.331 e. The van der Waals surface area contributed by atoms with Gasteiger partial charge < -0.3 is 9.84 Å². The van der Waals surface area contributed by atoms with Crippen LogP contribution in [0.15, 0.2) is 34.9 Å². The van der Waals surface area contributed by atoms with Crippen molar-refractivity contribution in [3.63, 3.8) is 0 Å². The number of allylic oxidation sites excluding steroid dienone is 4. The van der Waals surface area contributed by atoms with Crippen LogP contribution in [0.2, 0.25) is 0 Å². The molecule has 0 radical (unpaired) electrons. The van der Waals surface area contributed by atoms with Gasteiger partial charge in [-0.1, -0.05) is 50.0 Å². The summed E-state index contributed by atoms with van der Waals surface area (Å²) >= 11 is 0. The van der Waals surface area contributed by atoms with Crippen LogP contribution < -0.4 is 0 Å². The molecule has 25 heavy (non-hydrogen) atoms. The third-order valence-corrected chi connectivity index (χ3v) is 3.43. The molecule has 0 unspecified atom stereocenters. The zero-order valence-corrected chi connectivity index (χ0v) is 16.9. The second kappa shape index (κ2) is 17.0. The number of carboxylic acid groups (broad SMARTS) is 1. The summed E-state index contributed by atoms with van der Waals surface area (Å²) in [5.74, 6) is -1.03. The first-order valence-corrected chi connectivity index (χ1v) is 9.09. The molecule has 0 saturated carbocycles. The van der Waals surface area contributed by atoms with E-state index in [0.29, 0.717) is 5.57 Å². The smallest absolute Gasteiger partial charge is 0.331 e. The van der Waals surface area contributed by atoms with E-state index in [4.69, 9.17) is 5.11 Å². The van der Waals surface area contributed by atoms with Gasteiger partial charge in [0.15, 0.2) is 0 Å². The van der Waals surface area contributed by atoms with E-state index in [9.17, 15) is 9.59 Å². The molecule has 0 bridgehead atoms. The number of unbranched alkanes of at least 4 members (excludes halogenated alkanes) is 2. The number of carbonyl (C=O) groups is 2. The molecule has 144 valence electrons. The van der Waals surface area contributed by atoms with E-state index in [0.717, 1.165) is 50.5 Å². The summed E-state index contributed by atoms with van der Waals surface area (Å²) in [6.07, 6.45) is 12.2. The Morgan fingerprint density at radius 1 is 1.00 bits per heavy atom. The van der Waals surface area contributed by atoms with Gasteiger partial charge in [0.05, 0.1) is 7.11 Å². The molecule has 0 amide bonds. The van der Waals surface area contributed by atoms with E-state index in [1.165, 1.54) is 12.7 Å². The number of aliphatic carboxylic acids is 1. The SMILES string of the molecule is CC/C=C(\CCCCC)C(=O)O.COC(=O)C=C(C)CCC=C(C)C. The minimum Gasteiger partial charge on any atom is -0.478 e. The highest BCUT2D eigenvalue weighted by Crippen LogP contribution is 2.09. The highest BCUT2D eigenvalue weighted by atomic mass is 16.5. The lowest BCUT2D eigenvalue weighted by molar-refractivity contribution is -0.135. The van der Waals surface area contributed by atoms with Gasteiger partial charge in [-0.05, 0) is 52.9 Å². The molecule has 0 atom stereocenters. The molecule has 4 heteroatoms. The molecule has 0 rings (SSSR count). The Balaban J connectivity index is 0. The zero-order valence-electron chi connectivity index (χ0n) is 16.9. The number of hydrogen-bond donors (Lipinski definition) is 1. The summed E-state index contributed by atoms with van der Waals surface area (Å²) in [7, 11) is 1.39. The van der Waals surface area contributed by atoms with Crippen LogP contribution in [0.5, 0.6) is 0 Å². The van der Waals surface area contributed by atoms with Gasteiger partial charge in [0, 0.05) is 11.6 Å². The molecule has 0 aromatic carbocycles. The van der Waals surface area contributed by atoms with E-state index >= 15 is 0 Å². The Bertz CT molecular complexity index is 466. The van der Waals surface area contributed by atoms with Crippen molar-refractivity contribution in [1.29, 1.82) is 0 Å². The average molecular weight is 353 g/mol. The van der Waals surface area contributed by atoms with Crippen molar-refractivity contribution >= 4 is 11.9 Å². The first-order chi connectivity index (χ1) is 11.8. The number of carbonyl (C=O) groups excluding carboxylic acids is 1. The Kier molecular flexibility index (Phi) is 17.3. The monoisotopic (exact) mass is 352 g/mol. The van der Waals surface area contributed by atoms with Crippen LogP contribution >= 0.6 is 0 Å². The van der Waals surface area contributed by atoms with Crippen molar-refractivity contribution in [2.24, 2.45) is 0 Å². The molecular weight excluding hydrogens is 316 g/mol. The lowest BCUT2D eigenvalue weighted by Crippen LogP contribution is -2.00. The molecule has 0 aliphatic heterocycles. The summed E-state index contributed by atoms with van der Waals surface area (Å²) in [6.45, 7) is 10.2. The third kappa shape index (κ3) is 18.3. The molecule has 1 N–H and O–H groups in total. The van der Waals surface area contributed by atoms with Gasteiger partial charge in [-0.2, -0.15) is 0 Å². The molecule has 4 nitrogen and oxygen atoms in total. The molecule has 0 heterocycles. The summed E-state index contributed by atoms with van der Waals surface area (Å²) < 4.78 is 4.52. The molecule has 0 aromatic rings. The fourth-order valence-corrected chi connectivity index (χ4v) is 2.03. The fourth-order valence-electron chi connectivity index (χ4n) is 2.03. The van der Waals surface area contributed by atoms with Crippen molar-refractivity contribution < 1.29 is 19.4 Å². The minimum atomic E-state index is -0.757. The van der Waals surface area contributed by atoms with Gasteiger partial charge >= 0.3 is 11.9 Å². The molecule has 0 aliphatic carbocycles. The standard InChI is InChI=1S/C11H18O2.C10H18O2/c1-9(2)6-5-7-10(3)8-11(12)13-4;1-3-5-6-8-9(7-4-2)10(11)12/h6,8H,5,7H2,1-4H3;7H,3-6,8H2,1-2H3,(H,11,12)/b;9-7+. The van der Waals surface area contributed by atoms with E-state index in [1.54, 1.807) is 12.2 Å². The predicted octanol–water partition coefficient (Wildman–Crippen LogP) is 5.84. The number of rotatable bonds is 10. The van der Waals surface area contributed by atoms with Gasteiger partial charge in [0.25, 0.3) is 0 Å². The summed E-state index contributed by atoms with van der Waals surface area (Å²) in [4.78, 5) is 21.4. The van der Waals surface area contributed by atoms with Gasteiger partial charge in [0.1, 0.15) is 0 Å². The van der Waals surface area contributed by atoms with Crippen molar-refractivity contribution in [1.82, 2.24) is 0 Å². The Morgan fingerprint density at radius 2 is 1.64 bits per heavy atom. The van der Waals surface area contributed by atoms with Crippen LogP contribution in [-0.4, -0.2) is 24.2 Å². The van der Waals surface area contributed by atoms with Crippen molar-refractivity contribution in [3.05, 3.63) is 34.9 Å². The second-order valence-electron chi connectivity index (χ2n) is 6.23. The normalized spacial score (nSPS) is 11.3. The Hall–Kier alpha value is -1.84. The maximum absolute atomic E-state index is 10.8. The van der Waals surface area contributed by atoms with Crippen LogP contribution in [0.25, 0.3) is 0 Å². The highest BCUT2D eigenvalue weighted by molar-refractivity contribution is 5.86. The van der Waals surface area contributed by atoms with Crippen LogP contribution in [0.3, 0.4) is 0 Å². The lowest BCUT2D eigenvalue weighted by atomic mass is 10.1. The number of ether oxygens (including phenoxy) is 1. The predicted molar refractivity (Wildman–Crippen MR) is 105 cm³/mol. The van der Waals surface area contributed by atoms with Crippen LogP contribution in [0.1, 0.15) is 79.6 Å². The molecule has 0 saturated heterocycles. The average Bonchev–Trinajstić information content (AvgIpc) is 2.54. The van der Waals surface area contributed by atoms with E-state index in [-0.39, 0.29) is 5.97 Å². The second-order valence-corrected chi connectivity index (χ2v) is 6.23. The van der Waals surface area contributed by atoms with Crippen LogP contribution in [0, 0.1) is 0 Å². The van der Waals surface area contributed by atoms with Gasteiger partial charge in [0.2, 0.25) is 0 Å². The zero-order chi connectivity index (χ0) is 19.7. The third-order valence-electron chi connectivity index (χ3n) is 3.43. The molecule has 0 aromatic heterocycles. The molecule has 0 spiro atoms. The van der Waals surface area contributed by atoms with E-state index in [2.05, 4.69) is 31.6 Å².